The molecule has 0 saturated heterocycles. The molecule has 1 atom stereocenters. The van der Waals surface area contributed by atoms with Crippen molar-refractivity contribution in [2.75, 3.05) is 0 Å². The van der Waals surface area contributed by atoms with Gasteiger partial charge < -0.3 is 5.32 Å². The Labute approximate surface area is 130 Å². The molecule has 0 unspecified atom stereocenters. The molecular formula is C16H23N5O. The lowest BCUT2D eigenvalue weighted by molar-refractivity contribution is -0.122. The first-order chi connectivity index (χ1) is 10.5. The second-order valence-electron chi connectivity index (χ2n) is 6.25. The van der Waals surface area contributed by atoms with Crippen LogP contribution in [0.1, 0.15) is 39.2 Å². The van der Waals surface area contributed by atoms with Gasteiger partial charge in [0.05, 0.1) is 6.54 Å². The predicted molar refractivity (Wildman–Crippen MR) is 84.1 cm³/mol. The zero-order chi connectivity index (χ0) is 16.0. The summed E-state index contributed by atoms with van der Waals surface area (Å²) in [6.45, 7) is 6.94. The summed E-state index contributed by atoms with van der Waals surface area (Å²) in [5, 5.41) is 13.9. The van der Waals surface area contributed by atoms with E-state index in [0.717, 1.165) is 6.42 Å². The number of hydrogen-bond donors (Lipinski definition) is 1. The monoisotopic (exact) mass is 301 g/mol. The molecule has 1 aromatic heterocycles. The molecule has 22 heavy (non-hydrogen) atoms. The van der Waals surface area contributed by atoms with Crippen molar-refractivity contribution in [3.63, 3.8) is 0 Å². The molecule has 0 aliphatic heterocycles. The fraction of sp³-hybridized carbons (Fsp3) is 0.500. The lowest BCUT2D eigenvalue weighted by Crippen LogP contribution is -2.37. The van der Waals surface area contributed by atoms with Gasteiger partial charge in [-0.1, -0.05) is 44.2 Å². The summed E-state index contributed by atoms with van der Waals surface area (Å²) in [6, 6.07) is 10.5. The fourth-order valence-electron chi connectivity index (χ4n) is 2.67. The average Bonchev–Trinajstić information content (AvgIpc) is 2.98. The highest BCUT2D eigenvalue weighted by Gasteiger charge is 2.23. The normalized spacial score (nSPS) is 12.9. The van der Waals surface area contributed by atoms with Crippen LogP contribution >= 0.6 is 0 Å². The van der Waals surface area contributed by atoms with Gasteiger partial charge in [-0.2, -0.15) is 0 Å². The summed E-state index contributed by atoms with van der Waals surface area (Å²) in [4.78, 5) is 12.0. The Morgan fingerprint density at radius 2 is 2.05 bits per heavy atom. The maximum Gasteiger partial charge on any atom is 0.222 e. The number of tetrazole rings is 1. The number of aromatic nitrogens is 4. The fourth-order valence-corrected chi connectivity index (χ4v) is 2.67. The van der Waals surface area contributed by atoms with Gasteiger partial charge in [-0.05, 0) is 34.7 Å². The highest BCUT2D eigenvalue weighted by atomic mass is 16.1. The highest BCUT2D eigenvalue weighted by Crippen LogP contribution is 2.28. The van der Waals surface area contributed by atoms with Crippen molar-refractivity contribution in [1.29, 1.82) is 0 Å². The van der Waals surface area contributed by atoms with E-state index in [9.17, 15) is 4.79 Å². The molecule has 6 nitrogen and oxygen atoms in total. The molecule has 0 bridgehead atoms. The van der Waals surface area contributed by atoms with Crippen LogP contribution in [0.5, 0.6) is 0 Å². The summed E-state index contributed by atoms with van der Waals surface area (Å²) in [5.41, 5.74) is 1.30. The second-order valence-corrected chi connectivity index (χ2v) is 6.25. The molecule has 2 rings (SSSR count). The Balaban J connectivity index is 1.81. The third kappa shape index (κ3) is 4.65. The number of hydrogen-bond acceptors (Lipinski definition) is 4. The number of aryl methyl sites for hydroxylation is 1. The van der Waals surface area contributed by atoms with Gasteiger partial charge in [-0.3, -0.25) is 4.79 Å². The molecule has 0 fully saturated rings. The van der Waals surface area contributed by atoms with Crippen molar-refractivity contribution in [3.8, 4) is 0 Å². The van der Waals surface area contributed by atoms with Crippen LogP contribution in [-0.4, -0.2) is 32.2 Å². The van der Waals surface area contributed by atoms with Crippen molar-refractivity contribution in [2.45, 2.75) is 51.6 Å². The van der Waals surface area contributed by atoms with Gasteiger partial charge in [0.1, 0.15) is 6.33 Å². The predicted octanol–water partition coefficient (Wildman–Crippen LogP) is 1.94. The summed E-state index contributed by atoms with van der Waals surface area (Å²) in [5.74, 6) is 0.0202. The van der Waals surface area contributed by atoms with Crippen LogP contribution in [0.4, 0.5) is 0 Å². The Bertz CT molecular complexity index is 580. The zero-order valence-electron chi connectivity index (χ0n) is 13.4. The molecule has 1 heterocycles. The number of benzene rings is 1. The summed E-state index contributed by atoms with van der Waals surface area (Å²) >= 11 is 0. The van der Waals surface area contributed by atoms with Crippen LogP contribution in [0.25, 0.3) is 0 Å². The third-order valence-electron chi connectivity index (χ3n) is 3.74. The maximum atomic E-state index is 12.0. The SMILES string of the molecule is C[C@H](CC(C)(C)c1ccccc1)NC(=O)CCn1cnnn1. The van der Waals surface area contributed by atoms with Gasteiger partial charge in [0, 0.05) is 12.5 Å². The molecule has 2 aromatic rings. The van der Waals surface area contributed by atoms with E-state index in [1.54, 1.807) is 4.68 Å². The second kappa shape index (κ2) is 7.15. The van der Waals surface area contributed by atoms with Crippen LogP contribution < -0.4 is 5.32 Å². The van der Waals surface area contributed by atoms with Gasteiger partial charge >= 0.3 is 0 Å². The number of carbonyl (C=O) groups is 1. The van der Waals surface area contributed by atoms with Crippen LogP contribution in [-0.2, 0) is 16.8 Å². The molecule has 0 radical (unpaired) electrons. The molecule has 6 heteroatoms. The summed E-state index contributed by atoms with van der Waals surface area (Å²) in [6.07, 6.45) is 2.77. The Hall–Kier alpha value is -2.24. The largest absolute Gasteiger partial charge is 0.354 e. The van der Waals surface area contributed by atoms with Crippen molar-refractivity contribution in [2.24, 2.45) is 0 Å². The molecule has 1 amide bonds. The molecule has 0 saturated carbocycles. The Morgan fingerprint density at radius 3 is 2.68 bits per heavy atom. The van der Waals surface area contributed by atoms with Gasteiger partial charge in [0.15, 0.2) is 0 Å². The van der Waals surface area contributed by atoms with Gasteiger partial charge in [-0.25, -0.2) is 4.68 Å². The number of amides is 1. The number of nitrogens with zero attached hydrogens (tertiary/aromatic N) is 4. The quantitative estimate of drug-likeness (QED) is 0.848. The molecule has 0 aliphatic carbocycles. The molecule has 118 valence electrons. The van der Waals surface area contributed by atoms with E-state index in [4.69, 9.17) is 0 Å². The van der Waals surface area contributed by atoms with E-state index in [-0.39, 0.29) is 17.4 Å². The first-order valence-electron chi connectivity index (χ1n) is 7.53. The molecule has 1 N–H and O–H groups in total. The molecule has 0 aliphatic rings. The first kappa shape index (κ1) is 16.1. The summed E-state index contributed by atoms with van der Waals surface area (Å²) < 4.78 is 1.55. The molecule has 0 spiro atoms. The zero-order valence-corrected chi connectivity index (χ0v) is 13.4. The van der Waals surface area contributed by atoms with Crippen LogP contribution in [0.3, 0.4) is 0 Å². The maximum absolute atomic E-state index is 12.0. The Morgan fingerprint density at radius 1 is 1.32 bits per heavy atom. The van der Waals surface area contributed by atoms with E-state index in [2.05, 4.69) is 46.8 Å². The average molecular weight is 301 g/mol. The van der Waals surface area contributed by atoms with E-state index in [1.165, 1.54) is 11.9 Å². The topological polar surface area (TPSA) is 72.7 Å². The van der Waals surface area contributed by atoms with Crippen LogP contribution in [0.2, 0.25) is 0 Å². The number of nitrogens with one attached hydrogen (secondary N) is 1. The van der Waals surface area contributed by atoms with E-state index < -0.39 is 0 Å². The minimum absolute atomic E-state index is 0.0176. The Kier molecular flexibility index (Phi) is 5.25. The minimum atomic E-state index is 0.0176. The lowest BCUT2D eigenvalue weighted by atomic mass is 9.79. The van der Waals surface area contributed by atoms with E-state index >= 15 is 0 Å². The third-order valence-corrected chi connectivity index (χ3v) is 3.74. The van der Waals surface area contributed by atoms with E-state index in [1.807, 2.05) is 25.1 Å². The smallest absolute Gasteiger partial charge is 0.222 e. The van der Waals surface area contributed by atoms with Crippen molar-refractivity contribution in [1.82, 2.24) is 25.5 Å². The van der Waals surface area contributed by atoms with Crippen molar-refractivity contribution in [3.05, 3.63) is 42.2 Å². The van der Waals surface area contributed by atoms with Gasteiger partial charge in [-0.15, -0.1) is 5.10 Å². The highest BCUT2D eigenvalue weighted by molar-refractivity contribution is 5.76. The van der Waals surface area contributed by atoms with Gasteiger partial charge in [0.2, 0.25) is 5.91 Å². The van der Waals surface area contributed by atoms with Crippen molar-refractivity contribution < 1.29 is 4.79 Å². The summed E-state index contributed by atoms with van der Waals surface area (Å²) in [7, 11) is 0. The number of rotatable bonds is 7. The molecular weight excluding hydrogens is 278 g/mol. The van der Waals surface area contributed by atoms with Gasteiger partial charge in [0.25, 0.3) is 0 Å². The first-order valence-corrected chi connectivity index (χ1v) is 7.53. The van der Waals surface area contributed by atoms with Crippen molar-refractivity contribution >= 4 is 5.91 Å². The standard InChI is InChI=1S/C16H23N5O/c1-13(11-16(2,3)14-7-5-4-6-8-14)18-15(22)9-10-21-12-17-19-20-21/h4-8,12-13H,9-11H2,1-3H3,(H,18,22)/t13-/m1/s1. The lowest BCUT2D eigenvalue weighted by Gasteiger charge is -2.29. The molecule has 1 aromatic carbocycles. The minimum Gasteiger partial charge on any atom is -0.354 e. The van der Waals surface area contributed by atoms with E-state index in [0.29, 0.717) is 13.0 Å². The number of carbonyl (C=O) groups excluding carboxylic acids is 1. The van der Waals surface area contributed by atoms with Crippen LogP contribution in [0, 0.1) is 0 Å². The van der Waals surface area contributed by atoms with Crippen LogP contribution in [0.15, 0.2) is 36.7 Å².